The number of imidazole rings is 1. The Balaban J connectivity index is 1.60. The first-order valence-corrected chi connectivity index (χ1v) is 9.70. The quantitative estimate of drug-likeness (QED) is 0.705. The topological polar surface area (TPSA) is 70.0 Å². The average Bonchev–Trinajstić information content (AvgIpc) is 3.33. The molecule has 3 heterocycles. The van der Waals surface area contributed by atoms with Crippen LogP contribution in [-0.4, -0.2) is 56.0 Å². The number of aromatic nitrogens is 4. The molecule has 6 heteroatoms. The third-order valence-corrected chi connectivity index (χ3v) is 5.35. The van der Waals surface area contributed by atoms with E-state index in [2.05, 4.69) is 37.9 Å². The van der Waals surface area contributed by atoms with E-state index in [9.17, 15) is 5.11 Å². The van der Waals surface area contributed by atoms with Gasteiger partial charge in [0.1, 0.15) is 5.69 Å². The number of hydrogen-bond donors (Lipinski definition) is 2. The Bertz CT molecular complexity index is 870. The van der Waals surface area contributed by atoms with Crippen LogP contribution in [0.25, 0.3) is 22.6 Å². The van der Waals surface area contributed by atoms with Crippen LogP contribution in [0.2, 0.25) is 0 Å². The van der Waals surface area contributed by atoms with E-state index in [1.807, 2.05) is 31.5 Å². The molecular formula is C21H27N5O. The molecule has 1 aliphatic rings. The highest BCUT2D eigenvalue weighted by molar-refractivity contribution is 5.76. The molecule has 1 aromatic carbocycles. The minimum absolute atomic E-state index is 0.289. The van der Waals surface area contributed by atoms with E-state index in [1.165, 1.54) is 0 Å². The van der Waals surface area contributed by atoms with Gasteiger partial charge in [0.25, 0.3) is 0 Å². The lowest BCUT2D eigenvalue weighted by atomic mass is 9.99. The lowest BCUT2D eigenvalue weighted by Gasteiger charge is -2.31. The second kappa shape index (κ2) is 8.06. The molecule has 2 aromatic heterocycles. The minimum atomic E-state index is 0.289. The van der Waals surface area contributed by atoms with Gasteiger partial charge in [-0.2, -0.15) is 5.10 Å². The number of nitrogens with one attached hydrogen (secondary N) is 1. The summed E-state index contributed by atoms with van der Waals surface area (Å²) in [6.07, 6.45) is 4.22. The molecule has 27 heavy (non-hydrogen) atoms. The van der Waals surface area contributed by atoms with E-state index in [0.29, 0.717) is 5.92 Å². The van der Waals surface area contributed by atoms with Gasteiger partial charge in [-0.1, -0.05) is 30.3 Å². The number of piperidine rings is 1. The molecular weight excluding hydrogens is 338 g/mol. The number of nitrogens with zero attached hydrogens (tertiary/aromatic N) is 4. The van der Waals surface area contributed by atoms with Gasteiger partial charge in [0.2, 0.25) is 0 Å². The average molecular weight is 365 g/mol. The molecule has 6 nitrogen and oxygen atoms in total. The molecule has 1 fully saturated rings. The maximum absolute atomic E-state index is 9.46. The monoisotopic (exact) mass is 365 g/mol. The molecule has 1 atom stereocenters. The van der Waals surface area contributed by atoms with Gasteiger partial charge in [0.15, 0.2) is 0 Å². The number of likely N-dealkylation sites (tertiary alicyclic amines) is 1. The number of aliphatic hydroxyl groups is 1. The molecule has 4 rings (SSSR count). The van der Waals surface area contributed by atoms with Crippen LogP contribution in [0.1, 0.15) is 18.5 Å². The summed E-state index contributed by atoms with van der Waals surface area (Å²) in [5.41, 5.74) is 5.09. The van der Waals surface area contributed by atoms with Crippen LogP contribution in [0.3, 0.4) is 0 Å². The van der Waals surface area contributed by atoms with Crippen LogP contribution in [0, 0.1) is 12.8 Å². The molecule has 2 N–H and O–H groups in total. The van der Waals surface area contributed by atoms with Gasteiger partial charge < -0.3 is 14.6 Å². The van der Waals surface area contributed by atoms with Gasteiger partial charge in [0, 0.05) is 37.5 Å². The normalized spacial score (nSPS) is 18.1. The summed E-state index contributed by atoms with van der Waals surface area (Å²) in [5, 5.41) is 17.0. The standard InChI is InChI=1S/C21H27N5O/c1-16-12-19(24-23-16)21-20(18-7-3-2-4-8-18)22-15-26(21)11-10-25-9-5-6-17(13-25)14-27/h2-4,7-8,12,15,17,27H,5-6,9-11,13-14H2,1H3,(H,23,24)/t17-/m0/s1. The number of rotatable bonds is 6. The maximum atomic E-state index is 9.46. The number of hydrogen-bond acceptors (Lipinski definition) is 4. The highest BCUT2D eigenvalue weighted by Gasteiger charge is 2.21. The Morgan fingerprint density at radius 3 is 2.81 bits per heavy atom. The van der Waals surface area contributed by atoms with Crippen LogP contribution in [-0.2, 0) is 6.54 Å². The molecule has 0 saturated carbocycles. The van der Waals surface area contributed by atoms with E-state index in [1.54, 1.807) is 0 Å². The van der Waals surface area contributed by atoms with Crippen molar-refractivity contribution in [2.75, 3.05) is 26.2 Å². The first kappa shape index (κ1) is 17.9. The maximum Gasteiger partial charge on any atom is 0.111 e. The zero-order valence-corrected chi connectivity index (χ0v) is 15.8. The second-order valence-corrected chi connectivity index (χ2v) is 7.43. The molecule has 0 bridgehead atoms. The van der Waals surface area contributed by atoms with Crippen molar-refractivity contribution in [3.63, 3.8) is 0 Å². The Morgan fingerprint density at radius 1 is 1.22 bits per heavy atom. The number of H-pyrrole nitrogens is 1. The van der Waals surface area contributed by atoms with E-state index in [4.69, 9.17) is 4.98 Å². The van der Waals surface area contributed by atoms with Crippen LogP contribution < -0.4 is 0 Å². The first-order chi connectivity index (χ1) is 13.2. The van der Waals surface area contributed by atoms with E-state index < -0.39 is 0 Å². The summed E-state index contributed by atoms with van der Waals surface area (Å²) in [4.78, 5) is 7.17. The largest absolute Gasteiger partial charge is 0.396 e. The number of aliphatic hydroxyl groups excluding tert-OH is 1. The fourth-order valence-corrected chi connectivity index (χ4v) is 3.92. The second-order valence-electron chi connectivity index (χ2n) is 7.43. The van der Waals surface area contributed by atoms with Gasteiger partial charge in [-0.05, 0) is 38.3 Å². The third kappa shape index (κ3) is 3.96. The van der Waals surface area contributed by atoms with Crippen molar-refractivity contribution < 1.29 is 5.11 Å². The molecule has 1 saturated heterocycles. The number of benzene rings is 1. The summed E-state index contributed by atoms with van der Waals surface area (Å²) in [6.45, 7) is 6.21. The Hall–Kier alpha value is -2.44. The molecule has 0 amide bonds. The molecule has 142 valence electrons. The summed E-state index contributed by atoms with van der Waals surface area (Å²) < 4.78 is 2.21. The number of aryl methyl sites for hydroxylation is 1. The zero-order valence-electron chi connectivity index (χ0n) is 15.8. The van der Waals surface area contributed by atoms with Crippen molar-refractivity contribution in [2.45, 2.75) is 26.3 Å². The fourth-order valence-electron chi connectivity index (χ4n) is 3.92. The van der Waals surface area contributed by atoms with Crippen molar-refractivity contribution >= 4 is 0 Å². The summed E-state index contributed by atoms with van der Waals surface area (Å²) in [7, 11) is 0. The van der Waals surface area contributed by atoms with Crippen molar-refractivity contribution in [3.8, 4) is 22.6 Å². The van der Waals surface area contributed by atoms with Crippen LogP contribution in [0.15, 0.2) is 42.7 Å². The lowest BCUT2D eigenvalue weighted by Crippen LogP contribution is -2.38. The smallest absolute Gasteiger partial charge is 0.111 e. The molecule has 0 aliphatic carbocycles. The lowest BCUT2D eigenvalue weighted by molar-refractivity contribution is 0.118. The van der Waals surface area contributed by atoms with E-state index in [0.717, 1.165) is 67.4 Å². The Labute approximate surface area is 159 Å². The first-order valence-electron chi connectivity index (χ1n) is 9.70. The molecule has 1 aliphatic heterocycles. The van der Waals surface area contributed by atoms with Gasteiger partial charge in [-0.3, -0.25) is 5.10 Å². The third-order valence-electron chi connectivity index (χ3n) is 5.35. The number of aromatic amines is 1. The van der Waals surface area contributed by atoms with Gasteiger partial charge >= 0.3 is 0 Å². The SMILES string of the molecule is Cc1cc(-c2c(-c3ccccc3)ncn2CCN2CCC[C@H](CO)C2)n[nH]1. The molecule has 0 unspecified atom stereocenters. The zero-order chi connectivity index (χ0) is 18.6. The van der Waals surface area contributed by atoms with Crippen LogP contribution in [0.5, 0.6) is 0 Å². The minimum Gasteiger partial charge on any atom is -0.396 e. The molecule has 3 aromatic rings. The van der Waals surface area contributed by atoms with Crippen molar-refractivity contribution in [1.29, 1.82) is 0 Å². The summed E-state index contributed by atoms with van der Waals surface area (Å²) >= 11 is 0. The van der Waals surface area contributed by atoms with Crippen molar-refractivity contribution in [3.05, 3.63) is 48.4 Å². The van der Waals surface area contributed by atoms with Crippen molar-refractivity contribution in [1.82, 2.24) is 24.6 Å². The van der Waals surface area contributed by atoms with Gasteiger partial charge in [0.05, 0.1) is 17.7 Å². The predicted molar refractivity (Wildman–Crippen MR) is 106 cm³/mol. The molecule has 0 spiro atoms. The van der Waals surface area contributed by atoms with E-state index >= 15 is 0 Å². The summed E-state index contributed by atoms with van der Waals surface area (Å²) in [5.74, 6) is 0.412. The van der Waals surface area contributed by atoms with Gasteiger partial charge in [-0.25, -0.2) is 4.98 Å². The van der Waals surface area contributed by atoms with Gasteiger partial charge in [-0.15, -0.1) is 0 Å². The summed E-state index contributed by atoms with van der Waals surface area (Å²) in [6, 6.07) is 12.3. The predicted octanol–water partition coefficient (Wildman–Crippen LogP) is 2.95. The van der Waals surface area contributed by atoms with Crippen molar-refractivity contribution in [2.24, 2.45) is 5.92 Å². The fraction of sp³-hybridized carbons (Fsp3) is 0.429. The Kier molecular flexibility index (Phi) is 5.36. The Morgan fingerprint density at radius 2 is 2.07 bits per heavy atom. The van der Waals surface area contributed by atoms with E-state index in [-0.39, 0.29) is 6.61 Å². The van der Waals surface area contributed by atoms with Crippen LogP contribution >= 0.6 is 0 Å². The highest BCUT2D eigenvalue weighted by atomic mass is 16.3. The van der Waals surface area contributed by atoms with Crippen LogP contribution in [0.4, 0.5) is 0 Å². The molecule has 0 radical (unpaired) electrons. The highest BCUT2D eigenvalue weighted by Crippen LogP contribution is 2.30.